The highest BCUT2D eigenvalue weighted by Gasteiger charge is 2.49. The van der Waals surface area contributed by atoms with E-state index in [1.807, 2.05) is 13.8 Å². The summed E-state index contributed by atoms with van der Waals surface area (Å²) in [7, 11) is -5.45. The van der Waals surface area contributed by atoms with Crippen molar-refractivity contribution in [3.63, 3.8) is 0 Å². The molecule has 0 aliphatic heterocycles. The van der Waals surface area contributed by atoms with Gasteiger partial charge in [0.15, 0.2) is 0 Å². The van der Waals surface area contributed by atoms with E-state index in [1.165, 1.54) is 0 Å². The molecule has 0 aromatic carbocycles. The Kier molecular flexibility index (Phi) is 4.46. The fourth-order valence-corrected chi connectivity index (χ4v) is 2.75. The predicted molar refractivity (Wildman–Crippen MR) is 56.6 cm³/mol. The molecule has 0 aromatic heterocycles. The average Bonchev–Trinajstić information content (AvgIpc) is 2.15. The van der Waals surface area contributed by atoms with Crippen molar-refractivity contribution < 1.29 is 25.8 Å². The van der Waals surface area contributed by atoms with Crippen LogP contribution in [-0.2, 0) is 14.3 Å². The number of rotatable bonds is 3. The quantitative estimate of drug-likeness (QED) is 0.587. The Morgan fingerprint density at radius 1 is 1.24 bits per heavy atom. The Morgan fingerprint density at radius 3 is 2.29 bits per heavy atom. The highest BCUT2D eigenvalue weighted by Crippen LogP contribution is 2.34. The first-order chi connectivity index (χ1) is 7.63. The Balaban J connectivity index is 2.64. The zero-order valence-electron chi connectivity index (χ0n) is 9.83. The minimum absolute atomic E-state index is 0.234. The lowest BCUT2D eigenvalue weighted by molar-refractivity contribution is -0.0596. The normalized spacial score (nSPS) is 27.4. The SMILES string of the molecule is CC(C)C1CCCC(OS(=O)(=O)C(F)(F)F)C1. The number of hydrogen-bond acceptors (Lipinski definition) is 3. The molecule has 0 aromatic rings. The van der Waals surface area contributed by atoms with Gasteiger partial charge in [-0.15, -0.1) is 0 Å². The van der Waals surface area contributed by atoms with Gasteiger partial charge in [-0.2, -0.15) is 21.6 Å². The molecule has 0 saturated heterocycles. The summed E-state index contributed by atoms with van der Waals surface area (Å²) in [6.07, 6.45) is 1.55. The smallest absolute Gasteiger partial charge is 0.260 e. The van der Waals surface area contributed by atoms with E-state index in [-0.39, 0.29) is 5.92 Å². The Hall–Kier alpha value is -0.300. The number of halogens is 3. The van der Waals surface area contributed by atoms with Gasteiger partial charge in [0.1, 0.15) is 0 Å². The van der Waals surface area contributed by atoms with Crippen LogP contribution >= 0.6 is 0 Å². The van der Waals surface area contributed by atoms with Crippen molar-refractivity contribution in [2.24, 2.45) is 11.8 Å². The van der Waals surface area contributed by atoms with Crippen molar-refractivity contribution in [1.82, 2.24) is 0 Å². The van der Waals surface area contributed by atoms with Gasteiger partial charge >= 0.3 is 15.6 Å². The van der Waals surface area contributed by atoms with Gasteiger partial charge in [0, 0.05) is 0 Å². The summed E-state index contributed by atoms with van der Waals surface area (Å²) in [5, 5.41) is 0. The molecule has 1 aliphatic rings. The van der Waals surface area contributed by atoms with E-state index in [2.05, 4.69) is 4.18 Å². The van der Waals surface area contributed by atoms with Gasteiger partial charge in [-0.05, 0) is 24.7 Å². The van der Waals surface area contributed by atoms with Gasteiger partial charge in [0.2, 0.25) is 0 Å². The monoisotopic (exact) mass is 274 g/mol. The first-order valence-electron chi connectivity index (χ1n) is 5.63. The van der Waals surface area contributed by atoms with Gasteiger partial charge in [0.25, 0.3) is 0 Å². The van der Waals surface area contributed by atoms with E-state index in [9.17, 15) is 21.6 Å². The van der Waals surface area contributed by atoms with Crippen molar-refractivity contribution in [1.29, 1.82) is 0 Å². The van der Waals surface area contributed by atoms with Crippen LogP contribution in [0.2, 0.25) is 0 Å². The van der Waals surface area contributed by atoms with Gasteiger partial charge in [0.05, 0.1) is 6.10 Å². The Labute approximate surface area is 99.5 Å². The molecule has 1 aliphatic carbocycles. The maximum Gasteiger partial charge on any atom is 0.523 e. The van der Waals surface area contributed by atoms with Crippen LogP contribution in [0.4, 0.5) is 13.2 Å². The topological polar surface area (TPSA) is 43.4 Å². The summed E-state index contributed by atoms with van der Waals surface area (Å²) in [5.74, 6) is 0.562. The second-order valence-electron chi connectivity index (χ2n) is 4.79. The van der Waals surface area contributed by atoms with E-state index >= 15 is 0 Å². The summed E-state index contributed by atoms with van der Waals surface area (Å²) in [5.41, 5.74) is -5.32. The highest BCUT2D eigenvalue weighted by atomic mass is 32.2. The van der Waals surface area contributed by atoms with Crippen LogP contribution in [0.3, 0.4) is 0 Å². The molecular weight excluding hydrogens is 257 g/mol. The van der Waals surface area contributed by atoms with Crippen LogP contribution in [0.5, 0.6) is 0 Å². The molecule has 0 N–H and O–H groups in total. The molecule has 3 nitrogen and oxygen atoms in total. The number of alkyl halides is 3. The van der Waals surface area contributed by atoms with Crippen LogP contribution in [0.15, 0.2) is 0 Å². The van der Waals surface area contributed by atoms with Gasteiger partial charge < -0.3 is 0 Å². The second-order valence-corrected chi connectivity index (χ2v) is 6.35. The third-order valence-electron chi connectivity index (χ3n) is 3.16. The maximum absolute atomic E-state index is 12.1. The summed E-state index contributed by atoms with van der Waals surface area (Å²) >= 11 is 0. The molecule has 0 bridgehead atoms. The summed E-state index contributed by atoms with van der Waals surface area (Å²) in [4.78, 5) is 0. The zero-order valence-corrected chi connectivity index (χ0v) is 10.6. The molecule has 0 heterocycles. The Bertz CT molecular complexity index is 348. The molecule has 0 radical (unpaired) electrons. The highest BCUT2D eigenvalue weighted by molar-refractivity contribution is 7.87. The molecule has 0 amide bonds. The van der Waals surface area contributed by atoms with Crippen molar-refractivity contribution in [2.45, 2.75) is 51.1 Å². The van der Waals surface area contributed by atoms with E-state index < -0.39 is 21.7 Å². The van der Waals surface area contributed by atoms with Crippen molar-refractivity contribution in [3.05, 3.63) is 0 Å². The fourth-order valence-electron chi connectivity index (χ4n) is 2.11. The van der Waals surface area contributed by atoms with E-state index in [0.29, 0.717) is 25.2 Å². The third kappa shape index (κ3) is 3.84. The molecule has 102 valence electrons. The minimum atomic E-state index is -5.45. The molecular formula is C10H17F3O3S. The van der Waals surface area contributed by atoms with Gasteiger partial charge in [-0.3, -0.25) is 4.18 Å². The van der Waals surface area contributed by atoms with E-state index in [1.54, 1.807) is 0 Å². The lowest BCUT2D eigenvalue weighted by Gasteiger charge is -2.31. The standard InChI is InChI=1S/C10H17F3O3S/c1-7(2)8-4-3-5-9(6-8)16-17(14,15)10(11,12)13/h7-9H,3-6H2,1-2H3. The molecule has 17 heavy (non-hydrogen) atoms. The van der Waals surface area contributed by atoms with Crippen molar-refractivity contribution in [3.8, 4) is 0 Å². The van der Waals surface area contributed by atoms with Crippen LogP contribution in [0, 0.1) is 11.8 Å². The van der Waals surface area contributed by atoms with Crippen LogP contribution in [0.1, 0.15) is 39.5 Å². The zero-order chi connectivity index (χ0) is 13.3. The molecule has 7 heteroatoms. The molecule has 0 spiro atoms. The number of hydrogen-bond donors (Lipinski definition) is 0. The second kappa shape index (κ2) is 5.14. The molecule has 2 atom stereocenters. The lowest BCUT2D eigenvalue weighted by Crippen LogP contribution is -2.33. The van der Waals surface area contributed by atoms with Gasteiger partial charge in [-0.25, -0.2) is 0 Å². The van der Waals surface area contributed by atoms with Crippen LogP contribution in [0.25, 0.3) is 0 Å². The van der Waals surface area contributed by atoms with Crippen LogP contribution in [-0.4, -0.2) is 20.0 Å². The van der Waals surface area contributed by atoms with Crippen molar-refractivity contribution in [2.75, 3.05) is 0 Å². The average molecular weight is 274 g/mol. The van der Waals surface area contributed by atoms with Gasteiger partial charge in [-0.1, -0.05) is 26.7 Å². The minimum Gasteiger partial charge on any atom is -0.260 e. The molecule has 2 unspecified atom stereocenters. The fraction of sp³-hybridized carbons (Fsp3) is 1.00. The first kappa shape index (κ1) is 14.8. The summed E-state index contributed by atoms with van der Waals surface area (Å²) in [6, 6.07) is 0. The predicted octanol–water partition coefficient (Wildman–Crippen LogP) is 3.07. The molecule has 1 saturated carbocycles. The first-order valence-corrected chi connectivity index (χ1v) is 7.04. The molecule has 1 rings (SSSR count). The maximum atomic E-state index is 12.1. The molecule has 1 fully saturated rings. The van der Waals surface area contributed by atoms with Crippen molar-refractivity contribution >= 4 is 10.1 Å². The van der Waals surface area contributed by atoms with Crippen LogP contribution < -0.4 is 0 Å². The third-order valence-corrected chi connectivity index (χ3v) is 4.25. The largest absolute Gasteiger partial charge is 0.523 e. The van der Waals surface area contributed by atoms with E-state index in [0.717, 1.165) is 6.42 Å². The van der Waals surface area contributed by atoms with E-state index in [4.69, 9.17) is 0 Å². The summed E-state index contributed by atoms with van der Waals surface area (Å²) in [6.45, 7) is 3.95. The Morgan fingerprint density at radius 2 is 1.82 bits per heavy atom. The lowest BCUT2D eigenvalue weighted by atomic mass is 9.80. The summed E-state index contributed by atoms with van der Waals surface area (Å²) < 4.78 is 62.4.